The molecule has 2 aromatic rings. The van der Waals surface area contributed by atoms with E-state index in [0.29, 0.717) is 11.2 Å². The van der Waals surface area contributed by atoms with Crippen molar-refractivity contribution in [1.82, 2.24) is 19.9 Å². The van der Waals surface area contributed by atoms with Crippen molar-refractivity contribution in [2.75, 3.05) is 10.6 Å². The molecule has 9 heteroatoms. The summed E-state index contributed by atoms with van der Waals surface area (Å²) < 4.78 is 0. The molecule has 0 aromatic carbocycles. The van der Waals surface area contributed by atoms with Gasteiger partial charge >= 0.3 is 51.4 Å². The van der Waals surface area contributed by atoms with Gasteiger partial charge in [-0.25, -0.2) is 4.98 Å². The van der Waals surface area contributed by atoms with Crippen molar-refractivity contribution in [3.8, 4) is 0 Å². The predicted octanol–water partition coefficient (Wildman–Crippen LogP) is -1.04. The Bertz CT molecular complexity index is 757. The first-order chi connectivity index (χ1) is 10.5. The number of amides is 2. The van der Waals surface area contributed by atoms with Crippen LogP contribution in [0.5, 0.6) is 0 Å². The zero-order chi connectivity index (χ0) is 17.4. The van der Waals surface area contributed by atoms with Gasteiger partial charge in [-0.1, -0.05) is 41.5 Å². The number of rotatable bonds is 2. The summed E-state index contributed by atoms with van der Waals surface area (Å²) >= 11 is 0. The molecule has 0 aliphatic carbocycles. The molecule has 8 nitrogen and oxygen atoms in total. The standard InChI is InChI=1S/C15H22N6O2.K/c1-14(2,3)11(22)18-10-8-9(17-7-16-8)19-13(20-10)21-12(23)15(4,5)6;/h7H,1-6H3,(H3,16,17,18,19,20,21,22,23);/q;+1/p-1. The van der Waals surface area contributed by atoms with Crippen LogP contribution in [0.2, 0.25) is 0 Å². The molecule has 2 heterocycles. The van der Waals surface area contributed by atoms with Crippen molar-refractivity contribution in [2.45, 2.75) is 41.5 Å². The van der Waals surface area contributed by atoms with Crippen LogP contribution >= 0.6 is 0 Å². The summed E-state index contributed by atoms with van der Waals surface area (Å²) in [5.74, 6) is -0.128. The summed E-state index contributed by atoms with van der Waals surface area (Å²) in [5.41, 5.74) is -0.485. The van der Waals surface area contributed by atoms with Crippen molar-refractivity contribution in [1.29, 1.82) is 0 Å². The molecule has 0 radical (unpaired) electrons. The van der Waals surface area contributed by atoms with Crippen molar-refractivity contribution in [2.24, 2.45) is 10.8 Å². The van der Waals surface area contributed by atoms with E-state index in [0.717, 1.165) is 0 Å². The third-order valence-electron chi connectivity index (χ3n) is 3.05. The minimum atomic E-state index is -0.592. The molecule has 0 spiro atoms. The largest absolute Gasteiger partial charge is 1.00 e. The Balaban J connectivity index is 0.00000288. The number of nitrogens with zero attached hydrogens (tertiary/aromatic N) is 4. The first-order valence-corrected chi connectivity index (χ1v) is 7.27. The minimum Gasteiger partial charge on any atom is -0.365 e. The number of anilines is 2. The van der Waals surface area contributed by atoms with E-state index < -0.39 is 10.8 Å². The SMILES string of the molecule is CC(C)(C)C(=O)Nc1nc(NC(=O)C(C)(C)C)c2nc[n-]c2n1.[K+]. The number of imidazole rings is 1. The Morgan fingerprint density at radius 3 is 2.04 bits per heavy atom. The summed E-state index contributed by atoms with van der Waals surface area (Å²) in [6.45, 7) is 10.7. The van der Waals surface area contributed by atoms with Gasteiger partial charge in [-0.3, -0.25) is 9.59 Å². The Labute approximate surface area is 183 Å². The molecular formula is C15H21KN6O2. The van der Waals surface area contributed by atoms with Crippen LogP contribution in [0.1, 0.15) is 41.5 Å². The van der Waals surface area contributed by atoms with E-state index in [2.05, 4.69) is 30.6 Å². The van der Waals surface area contributed by atoms with Gasteiger partial charge in [-0.15, -0.1) is 0 Å². The smallest absolute Gasteiger partial charge is 0.365 e. The zero-order valence-corrected chi connectivity index (χ0v) is 18.3. The van der Waals surface area contributed by atoms with Gasteiger partial charge in [0.05, 0.1) is 0 Å². The first kappa shape index (κ1) is 21.2. The number of carbonyl (C=O) groups is 2. The van der Waals surface area contributed by atoms with Crippen LogP contribution in [0.25, 0.3) is 11.2 Å². The molecule has 124 valence electrons. The summed E-state index contributed by atoms with van der Waals surface area (Å²) in [6, 6.07) is 0. The number of nitrogens with one attached hydrogen (secondary N) is 2. The van der Waals surface area contributed by atoms with E-state index in [9.17, 15) is 9.59 Å². The number of hydrogen-bond acceptors (Lipinski definition) is 5. The monoisotopic (exact) mass is 356 g/mol. The average molecular weight is 356 g/mol. The zero-order valence-electron chi connectivity index (χ0n) is 15.2. The maximum absolute atomic E-state index is 12.2. The molecule has 2 N–H and O–H groups in total. The van der Waals surface area contributed by atoms with Crippen LogP contribution in [0, 0.1) is 10.8 Å². The van der Waals surface area contributed by atoms with Gasteiger partial charge in [0, 0.05) is 22.0 Å². The van der Waals surface area contributed by atoms with Crippen LogP contribution in [-0.4, -0.2) is 26.8 Å². The first-order valence-electron chi connectivity index (χ1n) is 7.27. The molecule has 0 aliphatic heterocycles. The molecule has 0 saturated heterocycles. The molecule has 0 atom stereocenters. The van der Waals surface area contributed by atoms with Crippen LogP contribution in [-0.2, 0) is 9.59 Å². The second-order valence-corrected chi connectivity index (χ2v) is 7.35. The van der Waals surface area contributed by atoms with Crippen LogP contribution in [0.15, 0.2) is 6.33 Å². The topological polar surface area (TPSA) is 111 Å². The number of fused-ring (bicyclic) bond motifs is 1. The minimum absolute atomic E-state index is 0. The van der Waals surface area contributed by atoms with Crippen LogP contribution in [0.3, 0.4) is 0 Å². The summed E-state index contributed by atoms with van der Waals surface area (Å²) in [7, 11) is 0. The van der Waals surface area contributed by atoms with Gasteiger partial charge in [-0.05, 0) is 6.33 Å². The average Bonchev–Trinajstić information content (AvgIpc) is 2.84. The van der Waals surface area contributed by atoms with Gasteiger partial charge in [0.25, 0.3) is 0 Å². The van der Waals surface area contributed by atoms with Crippen LogP contribution in [0.4, 0.5) is 11.8 Å². The van der Waals surface area contributed by atoms with E-state index in [1.165, 1.54) is 6.33 Å². The van der Waals surface area contributed by atoms with Gasteiger partial charge in [-0.2, -0.15) is 0 Å². The summed E-state index contributed by atoms with van der Waals surface area (Å²) in [5, 5.41) is 5.36. The van der Waals surface area contributed by atoms with Crippen molar-refractivity contribution in [3.63, 3.8) is 0 Å². The molecule has 0 unspecified atom stereocenters. The van der Waals surface area contributed by atoms with Gasteiger partial charge in [0.2, 0.25) is 11.8 Å². The Morgan fingerprint density at radius 2 is 1.50 bits per heavy atom. The fourth-order valence-corrected chi connectivity index (χ4v) is 1.52. The molecule has 24 heavy (non-hydrogen) atoms. The third kappa shape index (κ3) is 5.06. The van der Waals surface area contributed by atoms with Gasteiger partial charge < -0.3 is 25.6 Å². The normalized spacial score (nSPS) is 11.8. The number of hydrogen-bond donors (Lipinski definition) is 2. The van der Waals surface area contributed by atoms with Gasteiger partial charge in [0.15, 0.2) is 5.95 Å². The molecular weight excluding hydrogens is 335 g/mol. The summed E-state index contributed by atoms with van der Waals surface area (Å²) in [6.07, 6.45) is 1.33. The molecule has 0 fully saturated rings. The summed E-state index contributed by atoms with van der Waals surface area (Å²) in [4.78, 5) is 40.7. The predicted molar refractivity (Wildman–Crippen MR) is 86.8 cm³/mol. The Morgan fingerprint density at radius 1 is 0.958 bits per heavy atom. The van der Waals surface area contributed by atoms with Crippen molar-refractivity contribution >= 4 is 34.7 Å². The Kier molecular flexibility index (Phi) is 6.67. The van der Waals surface area contributed by atoms with Crippen LogP contribution < -0.4 is 67.0 Å². The van der Waals surface area contributed by atoms with E-state index in [-0.39, 0.29) is 75.0 Å². The fraction of sp³-hybridized carbons (Fsp3) is 0.533. The van der Waals surface area contributed by atoms with Gasteiger partial charge in [0.1, 0.15) is 5.82 Å². The fourth-order valence-electron chi connectivity index (χ4n) is 1.52. The number of aromatic nitrogens is 4. The second-order valence-electron chi connectivity index (χ2n) is 7.35. The maximum atomic E-state index is 12.2. The second kappa shape index (κ2) is 7.57. The molecule has 0 saturated carbocycles. The maximum Gasteiger partial charge on any atom is 1.00 e. The van der Waals surface area contributed by atoms with Crippen molar-refractivity contribution in [3.05, 3.63) is 6.33 Å². The molecule has 2 rings (SSSR count). The number of carbonyl (C=O) groups excluding carboxylic acids is 2. The third-order valence-corrected chi connectivity index (χ3v) is 3.05. The van der Waals surface area contributed by atoms with E-state index in [1.54, 1.807) is 41.5 Å². The molecule has 2 amide bonds. The Hall–Kier alpha value is -0.874. The molecule has 2 aromatic heterocycles. The molecule has 0 bridgehead atoms. The quantitative estimate of drug-likeness (QED) is 0.665. The van der Waals surface area contributed by atoms with Crippen molar-refractivity contribution < 1.29 is 61.0 Å². The van der Waals surface area contributed by atoms with E-state index >= 15 is 0 Å². The molecule has 0 aliphatic rings. The van der Waals surface area contributed by atoms with E-state index in [1.807, 2.05) is 0 Å². The van der Waals surface area contributed by atoms with E-state index in [4.69, 9.17) is 0 Å².